The summed E-state index contributed by atoms with van der Waals surface area (Å²) in [5, 5.41) is 14.8. The van der Waals surface area contributed by atoms with Crippen molar-refractivity contribution in [2.45, 2.75) is 6.92 Å². The van der Waals surface area contributed by atoms with Crippen LogP contribution < -0.4 is 5.32 Å². The van der Waals surface area contributed by atoms with Crippen LogP contribution in [-0.2, 0) is 4.79 Å². The number of halogens is 2. The van der Waals surface area contributed by atoms with Crippen molar-refractivity contribution in [2.24, 2.45) is 0 Å². The van der Waals surface area contributed by atoms with E-state index < -0.39 is 0 Å². The van der Waals surface area contributed by atoms with Crippen molar-refractivity contribution in [3.8, 4) is 5.69 Å². The van der Waals surface area contributed by atoms with E-state index in [0.29, 0.717) is 21.3 Å². The number of tetrazole rings is 1. The van der Waals surface area contributed by atoms with Crippen molar-refractivity contribution in [1.29, 1.82) is 0 Å². The smallest absolute Gasteiger partial charge is 0.248 e. The molecule has 1 N–H and O–H groups in total. The van der Waals surface area contributed by atoms with E-state index in [2.05, 4.69) is 20.8 Å². The number of rotatable bonds is 4. The highest BCUT2D eigenvalue weighted by molar-refractivity contribution is 6.42. The lowest BCUT2D eigenvalue weighted by molar-refractivity contribution is -0.111. The van der Waals surface area contributed by atoms with Gasteiger partial charge in [-0.05, 0) is 52.8 Å². The average Bonchev–Trinajstić information content (AvgIpc) is 3.12. The van der Waals surface area contributed by atoms with Crippen LogP contribution in [0.25, 0.3) is 11.8 Å². The Bertz CT molecular complexity index is 938. The first-order valence-corrected chi connectivity index (χ1v) is 8.08. The molecule has 3 rings (SSSR count). The van der Waals surface area contributed by atoms with Gasteiger partial charge in [-0.25, -0.2) is 4.68 Å². The third-order valence-corrected chi connectivity index (χ3v) is 4.39. The van der Waals surface area contributed by atoms with Crippen molar-refractivity contribution in [1.82, 2.24) is 20.2 Å². The summed E-state index contributed by atoms with van der Waals surface area (Å²) in [7, 11) is 0. The van der Waals surface area contributed by atoms with Gasteiger partial charge in [0.25, 0.3) is 0 Å². The molecule has 0 aliphatic rings. The Labute approximate surface area is 154 Å². The van der Waals surface area contributed by atoms with E-state index >= 15 is 0 Å². The number of nitrogens with zero attached hydrogens (tertiary/aromatic N) is 4. The zero-order valence-corrected chi connectivity index (χ0v) is 14.7. The molecule has 0 saturated carbocycles. The summed E-state index contributed by atoms with van der Waals surface area (Å²) in [6.45, 7) is 1.88. The minimum absolute atomic E-state index is 0.284. The summed E-state index contributed by atoms with van der Waals surface area (Å²) in [6.07, 6.45) is 4.51. The molecule has 126 valence electrons. The zero-order valence-electron chi connectivity index (χ0n) is 13.1. The summed E-state index contributed by atoms with van der Waals surface area (Å²) < 4.78 is 1.53. The van der Waals surface area contributed by atoms with Gasteiger partial charge in [-0.1, -0.05) is 41.4 Å². The van der Waals surface area contributed by atoms with Crippen molar-refractivity contribution in [2.75, 3.05) is 5.32 Å². The molecule has 0 bridgehead atoms. The van der Waals surface area contributed by atoms with E-state index in [4.69, 9.17) is 23.2 Å². The standard InChI is InChI=1S/C17H13Cl2N5O/c1-11-14(6-3-7-15(11)24-10-20-22-23-24)21-16(25)9-8-12-4-2-5-13(18)17(12)19/h2-10H,1H3,(H,21,25). The fourth-order valence-electron chi connectivity index (χ4n) is 2.27. The van der Waals surface area contributed by atoms with E-state index in [9.17, 15) is 4.79 Å². The van der Waals surface area contributed by atoms with Gasteiger partial charge in [0.2, 0.25) is 5.91 Å². The van der Waals surface area contributed by atoms with Crippen LogP contribution in [-0.4, -0.2) is 26.1 Å². The second-order valence-electron chi connectivity index (χ2n) is 5.17. The zero-order chi connectivity index (χ0) is 17.8. The van der Waals surface area contributed by atoms with Gasteiger partial charge in [0.15, 0.2) is 0 Å². The quantitative estimate of drug-likeness (QED) is 0.703. The Morgan fingerprint density at radius 2 is 2.00 bits per heavy atom. The number of hydrogen-bond donors (Lipinski definition) is 1. The molecular formula is C17H13Cl2N5O. The van der Waals surface area contributed by atoms with Crippen molar-refractivity contribution >= 4 is 40.9 Å². The number of anilines is 1. The van der Waals surface area contributed by atoms with E-state index in [0.717, 1.165) is 11.3 Å². The first kappa shape index (κ1) is 17.1. The van der Waals surface area contributed by atoms with Gasteiger partial charge in [0.05, 0.1) is 15.7 Å². The molecule has 0 aliphatic carbocycles. The number of carbonyl (C=O) groups excluding carboxylic acids is 1. The summed E-state index contributed by atoms with van der Waals surface area (Å²) in [5.74, 6) is -0.284. The second kappa shape index (κ2) is 7.46. The summed E-state index contributed by atoms with van der Waals surface area (Å²) in [4.78, 5) is 12.2. The second-order valence-corrected chi connectivity index (χ2v) is 5.95. The van der Waals surface area contributed by atoms with Crippen LogP contribution in [0.15, 0.2) is 48.8 Å². The molecule has 0 fully saturated rings. The van der Waals surface area contributed by atoms with Gasteiger partial charge < -0.3 is 5.32 Å². The van der Waals surface area contributed by atoms with Crippen LogP contribution >= 0.6 is 23.2 Å². The van der Waals surface area contributed by atoms with Crippen molar-refractivity contribution in [3.63, 3.8) is 0 Å². The first-order valence-electron chi connectivity index (χ1n) is 7.32. The Morgan fingerprint density at radius 3 is 2.76 bits per heavy atom. The van der Waals surface area contributed by atoms with E-state index in [1.165, 1.54) is 17.1 Å². The van der Waals surface area contributed by atoms with Gasteiger partial charge in [-0.2, -0.15) is 0 Å². The first-order chi connectivity index (χ1) is 12.1. The topological polar surface area (TPSA) is 72.7 Å². The Morgan fingerprint density at radius 1 is 1.20 bits per heavy atom. The molecular weight excluding hydrogens is 361 g/mol. The predicted octanol–water partition coefficient (Wildman–Crippen LogP) is 3.93. The fraction of sp³-hybridized carbons (Fsp3) is 0.0588. The number of amides is 1. The van der Waals surface area contributed by atoms with Gasteiger partial charge in [0, 0.05) is 11.8 Å². The maximum absolute atomic E-state index is 12.2. The third kappa shape index (κ3) is 3.87. The Kier molecular flexibility index (Phi) is 5.11. The molecule has 3 aromatic rings. The van der Waals surface area contributed by atoms with Gasteiger partial charge >= 0.3 is 0 Å². The Balaban J connectivity index is 1.79. The largest absolute Gasteiger partial charge is 0.322 e. The third-order valence-electron chi connectivity index (χ3n) is 3.55. The van der Waals surface area contributed by atoms with Gasteiger partial charge in [-0.3, -0.25) is 4.79 Å². The van der Waals surface area contributed by atoms with Crippen LogP contribution in [0.4, 0.5) is 5.69 Å². The molecule has 0 radical (unpaired) electrons. The molecule has 1 aromatic heterocycles. The van der Waals surface area contributed by atoms with E-state index in [-0.39, 0.29) is 5.91 Å². The maximum Gasteiger partial charge on any atom is 0.248 e. The SMILES string of the molecule is Cc1c(NC(=O)C=Cc2cccc(Cl)c2Cl)cccc1-n1cnnn1. The van der Waals surface area contributed by atoms with Gasteiger partial charge in [-0.15, -0.1) is 5.10 Å². The maximum atomic E-state index is 12.2. The lowest BCUT2D eigenvalue weighted by atomic mass is 10.1. The number of hydrogen-bond acceptors (Lipinski definition) is 4. The summed E-state index contributed by atoms with van der Waals surface area (Å²) >= 11 is 12.1. The number of carbonyl (C=O) groups is 1. The van der Waals surface area contributed by atoms with Crippen molar-refractivity contribution in [3.05, 3.63) is 70.0 Å². The summed E-state index contributed by atoms with van der Waals surface area (Å²) in [5.41, 5.74) is 2.96. The molecule has 0 saturated heterocycles. The Hall–Kier alpha value is -2.70. The molecule has 0 aliphatic heterocycles. The molecule has 6 nitrogen and oxygen atoms in total. The molecule has 8 heteroatoms. The molecule has 2 aromatic carbocycles. The van der Waals surface area contributed by atoms with Crippen LogP contribution in [0.1, 0.15) is 11.1 Å². The highest BCUT2D eigenvalue weighted by Gasteiger charge is 2.09. The minimum Gasteiger partial charge on any atom is -0.322 e. The lowest BCUT2D eigenvalue weighted by Crippen LogP contribution is -2.10. The normalized spacial score (nSPS) is 11.0. The predicted molar refractivity (Wildman–Crippen MR) is 98.0 cm³/mol. The molecule has 0 unspecified atom stereocenters. The lowest BCUT2D eigenvalue weighted by Gasteiger charge is -2.10. The number of aromatic nitrogens is 4. The fourth-order valence-corrected chi connectivity index (χ4v) is 2.64. The highest BCUT2D eigenvalue weighted by atomic mass is 35.5. The molecule has 0 spiro atoms. The summed E-state index contributed by atoms with van der Waals surface area (Å²) in [6, 6.07) is 10.7. The van der Waals surface area contributed by atoms with Gasteiger partial charge in [0.1, 0.15) is 6.33 Å². The molecule has 25 heavy (non-hydrogen) atoms. The average molecular weight is 374 g/mol. The van der Waals surface area contributed by atoms with E-state index in [1.807, 2.05) is 19.1 Å². The van der Waals surface area contributed by atoms with Crippen LogP contribution in [0, 0.1) is 6.92 Å². The van der Waals surface area contributed by atoms with Crippen LogP contribution in [0.3, 0.4) is 0 Å². The van der Waals surface area contributed by atoms with E-state index in [1.54, 1.807) is 30.3 Å². The minimum atomic E-state index is -0.284. The number of nitrogens with one attached hydrogen (secondary N) is 1. The van der Waals surface area contributed by atoms with Crippen LogP contribution in [0.5, 0.6) is 0 Å². The number of benzene rings is 2. The molecule has 0 atom stereocenters. The van der Waals surface area contributed by atoms with Crippen molar-refractivity contribution < 1.29 is 4.79 Å². The molecule has 1 amide bonds. The molecule has 1 heterocycles. The monoisotopic (exact) mass is 373 g/mol. The highest BCUT2D eigenvalue weighted by Crippen LogP contribution is 2.26. The van der Waals surface area contributed by atoms with Crippen LogP contribution in [0.2, 0.25) is 10.0 Å².